The lowest BCUT2D eigenvalue weighted by atomic mass is 9.97. The molecule has 3 aromatic heterocycles. The van der Waals surface area contributed by atoms with Crippen LogP contribution in [0.15, 0.2) is 67.5 Å². The van der Waals surface area contributed by atoms with E-state index in [9.17, 15) is 4.79 Å². The number of amides is 1. The second kappa shape index (κ2) is 10.9. The Morgan fingerprint density at radius 1 is 1.26 bits per heavy atom. The second-order valence-electron chi connectivity index (χ2n) is 8.66. The van der Waals surface area contributed by atoms with Crippen LogP contribution in [0.5, 0.6) is 5.88 Å². The molecule has 0 spiro atoms. The van der Waals surface area contributed by atoms with Gasteiger partial charge in [-0.3, -0.25) is 9.78 Å². The fourth-order valence-corrected chi connectivity index (χ4v) is 4.30. The number of rotatable bonds is 8. The van der Waals surface area contributed by atoms with Crippen LogP contribution in [0.1, 0.15) is 5.69 Å². The third kappa shape index (κ3) is 5.02. The molecule has 0 bridgehead atoms. The highest BCUT2D eigenvalue weighted by molar-refractivity contribution is 5.99. The van der Waals surface area contributed by atoms with Crippen LogP contribution >= 0.6 is 0 Å². The second-order valence-corrected chi connectivity index (χ2v) is 8.66. The Balaban J connectivity index is 1.48. The van der Waals surface area contributed by atoms with E-state index in [1.807, 2.05) is 30.3 Å². The number of fused-ring (bicyclic) bond motifs is 1. The Morgan fingerprint density at radius 3 is 2.92 bits per heavy atom. The van der Waals surface area contributed by atoms with Crippen molar-refractivity contribution >= 4 is 34.1 Å². The first-order valence-corrected chi connectivity index (χ1v) is 12.1. The molecule has 5 rings (SSSR count). The van der Waals surface area contributed by atoms with Crippen LogP contribution in [-0.2, 0) is 15.1 Å². The maximum absolute atomic E-state index is 11.7. The van der Waals surface area contributed by atoms with E-state index < -0.39 is 5.60 Å². The monoisotopic (exact) mass is 512 g/mol. The molecule has 194 valence electrons. The summed E-state index contributed by atoms with van der Waals surface area (Å²) in [5, 5.41) is 10.1. The van der Waals surface area contributed by atoms with E-state index in [0.717, 1.165) is 17.5 Å². The molecule has 1 saturated heterocycles. The molecular weight excluding hydrogens is 484 g/mol. The average molecular weight is 513 g/mol. The number of nitrogens with two attached hydrogens (primary N) is 1. The summed E-state index contributed by atoms with van der Waals surface area (Å²) >= 11 is 0. The number of nitrogens with zero attached hydrogens (tertiary/aromatic N) is 4. The van der Waals surface area contributed by atoms with Gasteiger partial charge in [0.25, 0.3) is 0 Å². The maximum atomic E-state index is 11.7. The summed E-state index contributed by atoms with van der Waals surface area (Å²) < 4.78 is 11.6. The van der Waals surface area contributed by atoms with Crippen molar-refractivity contribution in [3.8, 4) is 17.1 Å². The van der Waals surface area contributed by atoms with Crippen LogP contribution < -0.4 is 26.4 Å². The number of carbonyl (C=O) groups is 1. The van der Waals surface area contributed by atoms with Crippen LogP contribution in [0, 0.1) is 0 Å². The lowest BCUT2D eigenvalue weighted by molar-refractivity contribution is -0.111. The number of carbonyl (C=O) groups excluding carboxylic acids is 1. The van der Waals surface area contributed by atoms with Gasteiger partial charge >= 0.3 is 0 Å². The predicted molar refractivity (Wildman–Crippen MR) is 145 cm³/mol. The summed E-state index contributed by atoms with van der Waals surface area (Å²) in [7, 11) is 1.55. The summed E-state index contributed by atoms with van der Waals surface area (Å²) in [6.07, 6.45) is 4.58. The Labute approximate surface area is 219 Å². The molecule has 0 saturated carbocycles. The first-order chi connectivity index (χ1) is 18.5. The minimum atomic E-state index is -0.717. The van der Waals surface area contributed by atoms with Gasteiger partial charge in [-0.25, -0.2) is 15.0 Å². The van der Waals surface area contributed by atoms with Gasteiger partial charge in [0, 0.05) is 48.7 Å². The van der Waals surface area contributed by atoms with Gasteiger partial charge in [0.2, 0.25) is 17.7 Å². The molecule has 1 amide bonds. The smallest absolute Gasteiger partial charge is 0.247 e. The molecule has 4 heterocycles. The van der Waals surface area contributed by atoms with Gasteiger partial charge in [-0.1, -0.05) is 24.8 Å². The molecule has 1 fully saturated rings. The highest BCUT2D eigenvalue weighted by Crippen LogP contribution is 2.32. The van der Waals surface area contributed by atoms with E-state index >= 15 is 0 Å². The van der Waals surface area contributed by atoms with Gasteiger partial charge in [0.05, 0.1) is 30.6 Å². The van der Waals surface area contributed by atoms with Crippen molar-refractivity contribution in [3.63, 3.8) is 0 Å². The number of morpholine rings is 1. The number of hydrogen-bond acceptors (Lipinski definition) is 10. The molecule has 0 radical (unpaired) electrons. The third-order valence-corrected chi connectivity index (χ3v) is 6.26. The standard InChI is InChI=1S/C27H28N8O3/c1-3-23(36)32-18-9-10-30-21(13-18)19-6-4-5-17-14-31-26(35-24(17)19)33-20-7-8-22(34-25(20)37-2)27(15-28)16-29-11-12-38-27/h3-10,13-14,29H,1,11-12,15-16,28H2,2H3,(H,30,32,36)(H,31,33,35)/t27-/m0/s1. The van der Waals surface area contributed by atoms with E-state index in [-0.39, 0.29) is 12.5 Å². The van der Waals surface area contributed by atoms with Crippen LogP contribution in [0.3, 0.4) is 0 Å². The molecule has 4 aromatic rings. The van der Waals surface area contributed by atoms with Gasteiger partial charge in [0.15, 0.2) is 0 Å². The first kappa shape index (κ1) is 25.2. The number of anilines is 3. The van der Waals surface area contributed by atoms with Crippen LogP contribution in [0.2, 0.25) is 0 Å². The fraction of sp³-hybridized carbons (Fsp3) is 0.222. The van der Waals surface area contributed by atoms with Crippen molar-refractivity contribution in [2.75, 3.05) is 44.0 Å². The van der Waals surface area contributed by atoms with Gasteiger partial charge in [0.1, 0.15) is 11.3 Å². The third-order valence-electron chi connectivity index (χ3n) is 6.26. The Hall–Kier alpha value is -4.45. The number of para-hydroxylation sites is 1. The molecular formula is C27H28N8O3. The molecule has 11 nitrogen and oxygen atoms in total. The topological polar surface area (TPSA) is 149 Å². The van der Waals surface area contributed by atoms with Crippen molar-refractivity contribution in [3.05, 3.63) is 73.2 Å². The van der Waals surface area contributed by atoms with Crippen LogP contribution in [0.25, 0.3) is 22.2 Å². The zero-order chi connectivity index (χ0) is 26.5. The van der Waals surface area contributed by atoms with Gasteiger partial charge in [-0.2, -0.15) is 0 Å². The lowest BCUT2D eigenvalue weighted by Gasteiger charge is -2.36. The van der Waals surface area contributed by atoms with Crippen LogP contribution in [-0.4, -0.2) is 59.2 Å². The van der Waals surface area contributed by atoms with E-state index in [0.29, 0.717) is 53.3 Å². The summed E-state index contributed by atoms with van der Waals surface area (Å²) in [6, 6.07) is 13.0. The van der Waals surface area contributed by atoms with Crippen LogP contribution in [0.4, 0.5) is 17.3 Å². The summed E-state index contributed by atoms with van der Waals surface area (Å²) in [4.78, 5) is 30.2. The molecule has 38 heavy (non-hydrogen) atoms. The van der Waals surface area contributed by atoms with E-state index in [2.05, 4.69) is 37.5 Å². The normalized spacial score (nSPS) is 17.1. The first-order valence-electron chi connectivity index (χ1n) is 12.1. The van der Waals surface area contributed by atoms with Crippen molar-refractivity contribution in [1.82, 2.24) is 25.3 Å². The minimum Gasteiger partial charge on any atom is -0.480 e. The number of benzene rings is 1. The van der Waals surface area contributed by atoms with E-state index in [1.165, 1.54) is 6.08 Å². The van der Waals surface area contributed by atoms with Crippen molar-refractivity contribution in [2.24, 2.45) is 5.73 Å². The summed E-state index contributed by atoms with van der Waals surface area (Å²) in [6.45, 7) is 5.66. The van der Waals surface area contributed by atoms with E-state index in [1.54, 1.807) is 31.6 Å². The number of nitrogens with one attached hydrogen (secondary N) is 3. The zero-order valence-corrected chi connectivity index (χ0v) is 20.9. The molecule has 11 heteroatoms. The largest absolute Gasteiger partial charge is 0.480 e. The summed E-state index contributed by atoms with van der Waals surface area (Å²) in [5.41, 5.74) is 9.36. The highest BCUT2D eigenvalue weighted by atomic mass is 16.5. The van der Waals surface area contributed by atoms with Gasteiger partial charge < -0.3 is 31.2 Å². The molecule has 1 aliphatic heterocycles. The zero-order valence-electron chi connectivity index (χ0n) is 20.9. The number of pyridine rings is 2. The number of aromatic nitrogens is 4. The Bertz CT molecular complexity index is 1490. The summed E-state index contributed by atoms with van der Waals surface area (Å²) in [5.74, 6) is 0.429. The molecule has 0 unspecified atom stereocenters. The fourth-order valence-electron chi connectivity index (χ4n) is 4.30. The average Bonchev–Trinajstić information content (AvgIpc) is 2.97. The van der Waals surface area contributed by atoms with Crippen molar-refractivity contribution in [2.45, 2.75) is 5.60 Å². The van der Waals surface area contributed by atoms with Crippen molar-refractivity contribution in [1.29, 1.82) is 0 Å². The molecule has 1 aromatic carbocycles. The number of methoxy groups -OCH3 is 1. The molecule has 0 aliphatic carbocycles. The Morgan fingerprint density at radius 2 is 2.16 bits per heavy atom. The van der Waals surface area contributed by atoms with Gasteiger partial charge in [-0.15, -0.1) is 0 Å². The SMILES string of the molecule is C=CC(=O)Nc1ccnc(-c2cccc3cnc(Nc4ccc([C@]5(CN)CNCCO5)nc4OC)nc23)c1. The Kier molecular flexibility index (Phi) is 7.22. The van der Waals surface area contributed by atoms with Gasteiger partial charge in [-0.05, 0) is 30.3 Å². The molecule has 5 N–H and O–H groups in total. The lowest BCUT2D eigenvalue weighted by Crippen LogP contribution is -2.52. The number of ether oxygens (including phenoxy) is 2. The van der Waals surface area contributed by atoms with Crippen molar-refractivity contribution < 1.29 is 14.3 Å². The number of hydrogen-bond donors (Lipinski definition) is 4. The quantitative estimate of drug-likeness (QED) is 0.260. The molecule has 1 atom stereocenters. The maximum Gasteiger partial charge on any atom is 0.247 e. The van der Waals surface area contributed by atoms with E-state index in [4.69, 9.17) is 20.2 Å². The minimum absolute atomic E-state index is 0.284. The predicted octanol–water partition coefficient (Wildman–Crippen LogP) is 2.74. The molecule has 1 aliphatic rings. The highest BCUT2D eigenvalue weighted by Gasteiger charge is 2.36.